The molecule has 0 aromatic rings. The van der Waals surface area contributed by atoms with Crippen LogP contribution in [-0.4, -0.2) is 41.1 Å². The van der Waals surface area contributed by atoms with Crippen molar-refractivity contribution in [2.45, 2.75) is 77.9 Å². The maximum absolute atomic E-state index is 13.2. The number of fused-ring (bicyclic) bond motifs is 5. The highest BCUT2D eigenvalue weighted by atomic mass is 16.5. The Labute approximate surface area is 196 Å². The van der Waals surface area contributed by atoms with Gasteiger partial charge in [0.2, 0.25) is 5.78 Å². The minimum atomic E-state index is -1.78. The highest BCUT2D eigenvalue weighted by Gasteiger charge is 2.69. The van der Waals surface area contributed by atoms with Gasteiger partial charge in [-0.2, -0.15) is 0 Å². The number of hydrogen-bond donors (Lipinski definition) is 1. The largest absolute Gasteiger partial charge is 0.462 e. The van der Waals surface area contributed by atoms with Gasteiger partial charge in [0.15, 0.2) is 12.2 Å². The van der Waals surface area contributed by atoms with E-state index >= 15 is 0 Å². The lowest BCUT2D eigenvalue weighted by molar-refractivity contribution is -0.164. The van der Waals surface area contributed by atoms with Crippen molar-refractivity contribution >= 4 is 17.7 Å². The highest BCUT2D eigenvalue weighted by Crippen LogP contribution is 2.69. The minimum Gasteiger partial charge on any atom is -0.462 e. The van der Waals surface area contributed by atoms with Crippen molar-refractivity contribution in [1.82, 2.24) is 0 Å². The fourth-order valence-electron chi connectivity index (χ4n) is 7.75. The van der Waals surface area contributed by atoms with Gasteiger partial charge in [-0.15, -0.1) is 0 Å². The molecule has 0 radical (unpaired) electrons. The molecular weight excluding hydrogens is 420 g/mol. The molecule has 3 saturated carbocycles. The number of ketones is 1. The summed E-state index contributed by atoms with van der Waals surface area (Å²) in [6.07, 6.45) is 7.20. The number of allylic oxidation sites excluding steroid dienone is 1. The van der Waals surface area contributed by atoms with E-state index in [-0.39, 0.29) is 29.3 Å². The van der Waals surface area contributed by atoms with E-state index in [9.17, 15) is 19.5 Å². The maximum atomic E-state index is 13.2. The van der Waals surface area contributed by atoms with E-state index in [1.165, 1.54) is 19.4 Å². The first-order chi connectivity index (χ1) is 15.4. The van der Waals surface area contributed by atoms with Gasteiger partial charge in [-0.3, -0.25) is 14.4 Å². The van der Waals surface area contributed by atoms with Crippen molar-refractivity contribution < 1.29 is 29.0 Å². The van der Waals surface area contributed by atoms with E-state index in [2.05, 4.69) is 26.2 Å². The molecule has 4 aliphatic rings. The van der Waals surface area contributed by atoms with Crippen molar-refractivity contribution in [2.24, 2.45) is 28.6 Å². The molecule has 0 aliphatic heterocycles. The highest BCUT2D eigenvalue weighted by molar-refractivity contribution is 5.96. The van der Waals surface area contributed by atoms with Crippen molar-refractivity contribution in [2.75, 3.05) is 6.61 Å². The number of esters is 2. The zero-order valence-corrected chi connectivity index (χ0v) is 20.2. The third-order valence-corrected chi connectivity index (χ3v) is 9.40. The molecule has 3 fully saturated rings. The van der Waals surface area contributed by atoms with E-state index in [1.807, 2.05) is 6.92 Å². The number of ether oxygens (including phenoxy) is 2. The summed E-state index contributed by atoms with van der Waals surface area (Å²) < 4.78 is 10.5. The van der Waals surface area contributed by atoms with Crippen molar-refractivity contribution in [3.05, 3.63) is 36.0 Å². The van der Waals surface area contributed by atoms with Crippen LogP contribution in [0.1, 0.15) is 66.2 Å². The normalized spacial score (nSPS) is 41.9. The standard InChI is InChI=1S/C27H36O6/c1-15-16(2)27(31,23(30)14-32-17(3)28)26(6)12-10-22-21(24(15)26)8-7-19-13-20(33-18(4)29)9-11-25(19,22)5/h7,20-22,24,31H,1-2,8-14H2,3-6H3/t20?,21-,22+,24+,25+,26+,27+/m1/s1. The van der Waals surface area contributed by atoms with E-state index in [0.29, 0.717) is 17.9 Å². The van der Waals surface area contributed by atoms with Gasteiger partial charge in [0.1, 0.15) is 6.10 Å². The van der Waals surface area contributed by atoms with Crippen LogP contribution in [0.3, 0.4) is 0 Å². The Morgan fingerprint density at radius 1 is 1.12 bits per heavy atom. The molecule has 1 N–H and O–H groups in total. The van der Waals surface area contributed by atoms with Crippen LogP contribution in [0.5, 0.6) is 0 Å². The number of Topliss-reactive ketones (excluding diaryl/α,β-unsaturated/α-hetero) is 1. The molecule has 0 amide bonds. The minimum absolute atomic E-state index is 0.00493. The van der Waals surface area contributed by atoms with Gasteiger partial charge < -0.3 is 14.6 Å². The molecule has 0 aromatic heterocycles. The van der Waals surface area contributed by atoms with Crippen molar-refractivity contribution in [3.8, 4) is 0 Å². The van der Waals surface area contributed by atoms with E-state index in [1.54, 1.807) is 0 Å². The zero-order valence-electron chi connectivity index (χ0n) is 20.2. The average molecular weight is 457 g/mol. The summed E-state index contributed by atoms with van der Waals surface area (Å²) in [5.74, 6) is -0.748. The Morgan fingerprint density at radius 2 is 1.82 bits per heavy atom. The summed E-state index contributed by atoms with van der Waals surface area (Å²) >= 11 is 0. The van der Waals surface area contributed by atoms with Crippen LogP contribution in [0.2, 0.25) is 0 Å². The first kappa shape index (κ1) is 23.9. The zero-order chi connectivity index (χ0) is 24.3. The molecule has 6 heteroatoms. The predicted molar refractivity (Wildman–Crippen MR) is 123 cm³/mol. The summed E-state index contributed by atoms with van der Waals surface area (Å²) in [5, 5.41) is 11.8. The lowest BCUT2D eigenvalue weighted by Gasteiger charge is -2.58. The monoisotopic (exact) mass is 456 g/mol. The summed E-state index contributed by atoms with van der Waals surface area (Å²) in [7, 11) is 0. The van der Waals surface area contributed by atoms with Crippen LogP contribution in [0, 0.1) is 28.6 Å². The molecule has 6 nitrogen and oxygen atoms in total. The molecule has 0 spiro atoms. The molecule has 4 aliphatic carbocycles. The van der Waals surface area contributed by atoms with E-state index < -0.39 is 29.4 Å². The Morgan fingerprint density at radius 3 is 2.45 bits per heavy atom. The summed E-state index contributed by atoms with van der Waals surface area (Å²) in [4.78, 5) is 35.9. The second kappa shape index (κ2) is 7.93. The molecule has 0 aromatic carbocycles. The van der Waals surface area contributed by atoms with E-state index in [0.717, 1.165) is 37.7 Å². The first-order valence-electron chi connectivity index (χ1n) is 12.0. The Balaban J connectivity index is 1.65. The summed E-state index contributed by atoms with van der Waals surface area (Å²) in [6, 6.07) is 0. The van der Waals surface area contributed by atoms with Gasteiger partial charge >= 0.3 is 11.9 Å². The fraction of sp³-hybridized carbons (Fsp3) is 0.667. The molecule has 4 rings (SSSR count). The Hall–Kier alpha value is -2.21. The first-order valence-corrected chi connectivity index (χ1v) is 12.0. The molecule has 0 heterocycles. The van der Waals surface area contributed by atoms with Gasteiger partial charge in [-0.05, 0) is 66.4 Å². The average Bonchev–Trinajstić information content (AvgIpc) is 2.90. The Bertz CT molecular complexity index is 962. The second-order valence-corrected chi connectivity index (χ2v) is 11.0. The molecular formula is C27H36O6. The Kier molecular flexibility index (Phi) is 5.75. The maximum Gasteiger partial charge on any atom is 0.303 e. The van der Waals surface area contributed by atoms with Gasteiger partial charge in [-0.1, -0.05) is 38.7 Å². The van der Waals surface area contributed by atoms with Crippen LogP contribution in [-0.2, 0) is 23.9 Å². The van der Waals surface area contributed by atoms with Crippen molar-refractivity contribution in [3.63, 3.8) is 0 Å². The lowest BCUT2D eigenvalue weighted by Crippen LogP contribution is -2.58. The van der Waals surface area contributed by atoms with Crippen LogP contribution in [0.4, 0.5) is 0 Å². The molecule has 180 valence electrons. The van der Waals surface area contributed by atoms with Crippen LogP contribution in [0.15, 0.2) is 36.0 Å². The number of carbonyl (C=O) groups excluding carboxylic acids is 3. The number of hydrogen-bond acceptors (Lipinski definition) is 6. The van der Waals surface area contributed by atoms with Crippen molar-refractivity contribution in [1.29, 1.82) is 0 Å². The smallest absolute Gasteiger partial charge is 0.303 e. The van der Waals surface area contributed by atoms with Gasteiger partial charge in [0.25, 0.3) is 0 Å². The van der Waals surface area contributed by atoms with Crippen LogP contribution in [0.25, 0.3) is 0 Å². The summed E-state index contributed by atoms with van der Waals surface area (Å²) in [6.45, 7) is 15.0. The lowest BCUT2D eigenvalue weighted by atomic mass is 9.46. The quantitative estimate of drug-likeness (QED) is 0.507. The third kappa shape index (κ3) is 3.36. The summed E-state index contributed by atoms with van der Waals surface area (Å²) in [5.41, 5.74) is -0.0338. The van der Waals surface area contributed by atoms with Crippen LogP contribution < -0.4 is 0 Å². The third-order valence-electron chi connectivity index (χ3n) is 9.40. The number of aliphatic hydroxyl groups is 1. The molecule has 0 saturated heterocycles. The topological polar surface area (TPSA) is 89.9 Å². The van der Waals surface area contributed by atoms with E-state index in [4.69, 9.17) is 9.47 Å². The van der Waals surface area contributed by atoms with Gasteiger partial charge in [0.05, 0.1) is 0 Å². The molecule has 0 bridgehead atoms. The van der Waals surface area contributed by atoms with Gasteiger partial charge in [0, 0.05) is 25.7 Å². The fourth-order valence-corrected chi connectivity index (χ4v) is 7.75. The molecule has 1 unspecified atom stereocenters. The SMILES string of the molecule is C=C1C(=C)[C@](O)(C(=O)COC(C)=O)[C@@]2(C)CC[C@H]3[C@@H](CC=C4CC(OC(C)=O)CC[C@@]43C)[C@H]12. The number of rotatable bonds is 4. The second-order valence-electron chi connectivity index (χ2n) is 11.0. The van der Waals surface area contributed by atoms with Gasteiger partial charge in [-0.25, -0.2) is 0 Å². The van der Waals surface area contributed by atoms with Crippen LogP contribution >= 0.6 is 0 Å². The molecule has 7 atom stereocenters. The predicted octanol–water partition coefficient (Wildman–Crippen LogP) is 4.08. The molecule has 33 heavy (non-hydrogen) atoms. The number of carbonyl (C=O) groups is 3.